The Hall–Kier alpha value is -1.66. The van der Waals surface area contributed by atoms with Crippen LogP contribution in [0, 0.1) is 5.82 Å². The minimum absolute atomic E-state index is 0.180. The molecule has 1 amide bonds. The normalized spacial score (nSPS) is 18.8. The highest BCUT2D eigenvalue weighted by Crippen LogP contribution is 2.18. The van der Waals surface area contributed by atoms with Gasteiger partial charge < -0.3 is 20.5 Å². The molecule has 1 unspecified atom stereocenters. The fourth-order valence-corrected chi connectivity index (χ4v) is 2.16. The predicted molar refractivity (Wildman–Crippen MR) is 76.5 cm³/mol. The molecule has 0 saturated carbocycles. The number of carbonyl (C=O) groups is 1. The molecule has 21 heavy (non-hydrogen) atoms. The van der Waals surface area contributed by atoms with E-state index in [9.17, 15) is 9.18 Å². The van der Waals surface area contributed by atoms with Crippen LogP contribution < -0.4 is 15.8 Å². The lowest BCUT2D eigenvalue weighted by Gasteiger charge is -2.32. The van der Waals surface area contributed by atoms with Crippen molar-refractivity contribution in [1.29, 1.82) is 0 Å². The van der Waals surface area contributed by atoms with Crippen LogP contribution in [0.15, 0.2) is 24.3 Å². The third-order valence-electron chi connectivity index (χ3n) is 3.54. The zero-order chi connectivity index (χ0) is 15.3. The standard InChI is InChI=1S/C15H21FN2O3/c1-11(21-13-4-2-12(16)3-5-13)10-18-14(19)15(17)6-8-20-9-7-15/h2-5,11H,6-10,17H2,1H3,(H,18,19). The molecule has 0 radical (unpaired) electrons. The molecule has 1 aromatic carbocycles. The van der Waals surface area contributed by atoms with E-state index in [0.717, 1.165) is 0 Å². The fraction of sp³-hybridized carbons (Fsp3) is 0.533. The van der Waals surface area contributed by atoms with Crippen molar-refractivity contribution < 1.29 is 18.7 Å². The van der Waals surface area contributed by atoms with Crippen molar-refractivity contribution >= 4 is 5.91 Å². The molecule has 5 nitrogen and oxygen atoms in total. The van der Waals surface area contributed by atoms with Crippen LogP contribution in [-0.4, -0.2) is 37.3 Å². The minimum Gasteiger partial charge on any atom is -0.489 e. The largest absolute Gasteiger partial charge is 0.489 e. The number of nitrogens with two attached hydrogens (primary N) is 1. The van der Waals surface area contributed by atoms with Crippen LogP contribution in [0.2, 0.25) is 0 Å². The number of halogens is 1. The van der Waals surface area contributed by atoms with Gasteiger partial charge in [0.15, 0.2) is 0 Å². The molecule has 1 fully saturated rings. The van der Waals surface area contributed by atoms with Crippen LogP contribution in [0.5, 0.6) is 5.75 Å². The van der Waals surface area contributed by atoms with E-state index < -0.39 is 5.54 Å². The van der Waals surface area contributed by atoms with Gasteiger partial charge in [-0.2, -0.15) is 0 Å². The minimum atomic E-state index is -0.853. The van der Waals surface area contributed by atoms with Gasteiger partial charge in [0.1, 0.15) is 17.7 Å². The lowest BCUT2D eigenvalue weighted by Crippen LogP contribution is -2.57. The zero-order valence-corrected chi connectivity index (χ0v) is 12.1. The summed E-state index contributed by atoms with van der Waals surface area (Å²) in [4.78, 5) is 12.1. The molecule has 0 aliphatic carbocycles. The van der Waals surface area contributed by atoms with E-state index >= 15 is 0 Å². The Bertz CT molecular complexity index is 472. The number of benzene rings is 1. The summed E-state index contributed by atoms with van der Waals surface area (Å²) in [5.74, 6) is 0.0694. The molecule has 2 rings (SSSR count). The van der Waals surface area contributed by atoms with Gasteiger partial charge in [0.2, 0.25) is 5.91 Å². The van der Waals surface area contributed by atoms with Crippen LogP contribution in [0.1, 0.15) is 19.8 Å². The topological polar surface area (TPSA) is 73.6 Å². The predicted octanol–water partition coefficient (Wildman–Crippen LogP) is 1.22. The van der Waals surface area contributed by atoms with Gasteiger partial charge >= 0.3 is 0 Å². The first-order chi connectivity index (χ1) is 9.99. The highest BCUT2D eigenvalue weighted by Gasteiger charge is 2.35. The average molecular weight is 296 g/mol. The maximum Gasteiger partial charge on any atom is 0.240 e. The first kappa shape index (κ1) is 15.7. The second-order valence-electron chi connectivity index (χ2n) is 5.36. The molecule has 3 N–H and O–H groups in total. The van der Waals surface area contributed by atoms with Crippen LogP contribution in [0.25, 0.3) is 0 Å². The molecule has 0 bridgehead atoms. The summed E-state index contributed by atoms with van der Waals surface area (Å²) in [6, 6.07) is 5.77. The number of hydrogen-bond donors (Lipinski definition) is 2. The van der Waals surface area contributed by atoms with Crippen molar-refractivity contribution in [3.05, 3.63) is 30.1 Å². The van der Waals surface area contributed by atoms with Gasteiger partial charge in [-0.1, -0.05) is 0 Å². The van der Waals surface area contributed by atoms with Crippen LogP contribution in [0.4, 0.5) is 4.39 Å². The maximum absolute atomic E-state index is 12.8. The van der Waals surface area contributed by atoms with Gasteiger partial charge in [-0.25, -0.2) is 4.39 Å². The van der Waals surface area contributed by atoms with Crippen molar-refractivity contribution in [2.24, 2.45) is 5.73 Å². The Morgan fingerprint density at radius 3 is 2.67 bits per heavy atom. The number of amides is 1. The maximum atomic E-state index is 12.8. The third-order valence-corrected chi connectivity index (χ3v) is 3.54. The molecule has 116 valence electrons. The van der Waals surface area contributed by atoms with Crippen LogP contribution >= 0.6 is 0 Å². The summed E-state index contributed by atoms with van der Waals surface area (Å²) in [7, 11) is 0. The summed E-state index contributed by atoms with van der Waals surface area (Å²) in [5, 5.41) is 2.81. The number of rotatable bonds is 5. The summed E-state index contributed by atoms with van der Waals surface area (Å²) in [6.07, 6.45) is 0.806. The van der Waals surface area contributed by atoms with E-state index in [-0.39, 0.29) is 17.8 Å². The van der Waals surface area contributed by atoms with Gasteiger partial charge in [-0.05, 0) is 44.0 Å². The molecule has 1 atom stereocenters. The average Bonchev–Trinajstić information content (AvgIpc) is 2.48. The lowest BCUT2D eigenvalue weighted by molar-refractivity contribution is -0.130. The first-order valence-corrected chi connectivity index (χ1v) is 7.07. The molecule has 1 saturated heterocycles. The van der Waals surface area contributed by atoms with Gasteiger partial charge in [-0.15, -0.1) is 0 Å². The molecular formula is C15H21FN2O3. The Labute approximate surface area is 123 Å². The van der Waals surface area contributed by atoms with Gasteiger partial charge in [0.25, 0.3) is 0 Å². The van der Waals surface area contributed by atoms with Gasteiger partial charge in [-0.3, -0.25) is 4.79 Å². The quantitative estimate of drug-likeness (QED) is 0.857. The second-order valence-corrected chi connectivity index (χ2v) is 5.36. The smallest absolute Gasteiger partial charge is 0.240 e. The molecule has 1 aromatic rings. The molecular weight excluding hydrogens is 275 g/mol. The van der Waals surface area contributed by atoms with E-state index in [4.69, 9.17) is 15.2 Å². The number of carbonyl (C=O) groups excluding carboxylic acids is 1. The van der Waals surface area contributed by atoms with E-state index in [2.05, 4.69) is 5.32 Å². The number of nitrogens with one attached hydrogen (secondary N) is 1. The Morgan fingerprint density at radius 1 is 1.43 bits per heavy atom. The zero-order valence-electron chi connectivity index (χ0n) is 12.1. The summed E-state index contributed by atoms with van der Waals surface area (Å²) in [6.45, 7) is 3.18. The molecule has 0 spiro atoms. The molecule has 1 aliphatic rings. The Morgan fingerprint density at radius 2 is 2.05 bits per heavy atom. The molecule has 1 aliphatic heterocycles. The van der Waals surface area contributed by atoms with Crippen LogP contribution in [-0.2, 0) is 9.53 Å². The van der Waals surface area contributed by atoms with Gasteiger partial charge in [0.05, 0.1) is 12.1 Å². The fourth-order valence-electron chi connectivity index (χ4n) is 2.16. The Balaban J connectivity index is 1.79. The van der Waals surface area contributed by atoms with E-state index in [1.807, 2.05) is 6.92 Å². The number of hydrogen-bond acceptors (Lipinski definition) is 4. The van der Waals surface area contributed by atoms with E-state index in [1.165, 1.54) is 12.1 Å². The summed E-state index contributed by atoms with van der Waals surface area (Å²) >= 11 is 0. The SMILES string of the molecule is CC(CNC(=O)C1(N)CCOCC1)Oc1ccc(F)cc1. The molecule has 1 heterocycles. The summed E-state index contributed by atoms with van der Waals surface area (Å²) < 4.78 is 23.6. The van der Waals surface area contributed by atoms with Crippen molar-refractivity contribution in [3.63, 3.8) is 0 Å². The highest BCUT2D eigenvalue weighted by atomic mass is 19.1. The highest BCUT2D eigenvalue weighted by molar-refractivity contribution is 5.86. The first-order valence-electron chi connectivity index (χ1n) is 7.07. The van der Waals surface area contributed by atoms with Crippen molar-refractivity contribution in [2.75, 3.05) is 19.8 Å². The van der Waals surface area contributed by atoms with Gasteiger partial charge in [0, 0.05) is 13.2 Å². The molecule has 0 aromatic heterocycles. The van der Waals surface area contributed by atoms with E-state index in [1.54, 1.807) is 12.1 Å². The second kappa shape index (κ2) is 6.87. The molecule has 6 heteroatoms. The lowest BCUT2D eigenvalue weighted by atomic mass is 9.90. The third kappa shape index (κ3) is 4.41. The monoisotopic (exact) mass is 296 g/mol. The van der Waals surface area contributed by atoms with E-state index in [0.29, 0.717) is 38.3 Å². The Kier molecular flexibility index (Phi) is 5.14. The van der Waals surface area contributed by atoms with Crippen molar-refractivity contribution in [3.8, 4) is 5.75 Å². The number of ether oxygens (including phenoxy) is 2. The van der Waals surface area contributed by atoms with Crippen LogP contribution in [0.3, 0.4) is 0 Å². The van der Waals surface area contributed by atoms with Crippen molar-refractivity contribution in [2.45, 2.75) is 31.4 Å². The summed E-state index contributed by atoms with van der Waals surface area (Å²) in [5.41, 5.74) is 5.23. The van der Waals surface area contributed by atoms with Crippen molar-refractivity contribution in [1.82, 2.24) is 5.32 Å².